The topological polar surface area (TPSA) is 52.6 Å². The van der Waals surface area contributed by atoms with Crippen LogP contribution in [0.15, 0.2) is 18.2 Å². The van der Waals surface area contributed by atoms with Crippen molar-refractivity contribution in [2.75, 3.05) is 6.61 Å². The summed E-state index contributed by atoms with van der Waals surface area (Å²) in [4.78, 5) is 22.9. The lowest BCUT2D eigenvalue weighted by Crippen LogP contribution is -2.59. The number of carbonyl (C=O) groups is 2. The zero-order chi connectivity index (χ0) is 22.6. The Bertz CT molecular complexity index is 754. The van der Waals surface area contributed by atoms with Crippen molar-refractivity contribution in [1.29, 1.82) is 0 Å². The van der Waals surface area contributed by atoms with Crippen LogP contribution in [0.2, 0.25) is 5.02 Å². The Morgan fingerprint density at radius 2 is 1.59 bits per heavy atom. The summed E-state index contributed by atoms with van der Waals surface area (Å²) >= 11 is 5.80. The minimum absolute atomic E-state index is 0.0581. The van der Waals surface area contributed by atoms with Crippen LogP contribution in [-0.2, 0) is 14.3 Å². The Morgan fingerprint density at radius 3 is 2.10 bits per heavy atom. The predicted octanol–water partition coefficient (Wildman–Crippen LogP) is 5.05. The Morgan fingerprint density at radius 1 is 1.03 bits per heavy atom. The Labute approximate surface area is 163 Å². The third-order valence-corrected chi connectivity index (χ3v) is 3.71. The van der Waals surface area contributed by atoms with Crippen LogP contribution in [0.1, 0.15) is 18.4 Å². The molecule has 0 aliphatic heterocycles. The molecule has 1 rings (SSSR count). The highest BCUT2D eigenvalue weighted by Gasteiger charge is 2.75. The number of alkyl halides is 8. The first-order valence-corrected chi connectivity index (χ1v) is 8.03. The quantitative estimate of drug-likeness (QED) is 0.296. The minimum atomic E-state index is -6.49. The highest BCUT2D eigenvalue weighted by atomic mass is 35.5. The maximum atomic E-state index is 13.2. The molecule has 0 atom stereocenters. The molecular formula is C16H13ClF8O4. The molecule has 0 spiro atoms. The van der Waals surface area contributed by atoms with E-state index in [4.69, 9.17) is 16.3 Å². The van der Waals surface area contributed by atoms with Gasteiger partial charge in [0.2, 0.25) is 0 Å². The monoisotopic (exact) mass is 456 g/mol. The number of hydrogen-bond acceptors (Lipinski definition) is 4. The lowest BCUT2D eigenvalue weighted by Gasteiger charge is -2.31. The molecule has 4 nitrogen and oxygen atoms in total. The molecule has 13 heteroatoms. The van der Waals surface area contributed by atoms with Gasteiger partial charge < -0.3 is 9.47 Å². The van der Waals surface area contributed by atoms with E-state index in [0.29, 0.717) is 0 Å². The van der Waals surface area contributed by atoms with Crippen molar-refractivity contribution >= 4 is 23.5 Å². The molecule has 0 aliphatic rings. The standard InChI is InChI=1S/C16H13ClF8O4/c1-8-2-3-10(9(17)6-8)29-12(27)5-4-11(26)28-7-14(20,21)16(24,25)15(22,23)13(18)19/h2-3,6,13H,4-5,7H2,1H3. The molecule has 0 amide bonds. The van der Waals surface area contributed by atoms with Gasteiger partial charge >= 0.3 is 36.1 Å². The van der Waals surface area contributed by atoms with Gasteiger partial charge in [-0.3, -0.25) is 9.59 Å². The van der Waals surface area contributed by atoms with Gasteiger partial charge in [-0.1, -0.05) is 17.7 Å². The molecule has 0 aromatic heterocycles. The van der Waals surface area contributed by atoms with Gasteiger partial charge in [-0.05, 0) is 24.6 Å². The van der Waals surface area contributed by atoms with E-state index in [0.717, 1.165) is 5.56 Å². The van der Waals surface area contributed by atoms with E-state index in [1.807, 2.05) is 0 Å². The second kappa shape index (κ2) is 9.14. The van der Waals surface area contributed by atoms with Gasteiger partial charge in [0.15, 0.2) is 6.61 Å². The molecule has 0 radical (unpaired) electrons. The fourth-order valence-corrected chi connectivity index (χ4v) is 2.05. The third-order valence-electron chi connectivity index (χ3n) is 3.41. The maximum absolute atomic E-state index is 13.2. The summed E-state index contributed by atoms with van der Waals surface area (Å²) < 4.78 is 110. The van der Waals surface area contributed by atoms with Crippen molar-refractivity contribution in [1.82, 2.24) is 0 Å². The normalized spacial score (nSPS) is 12.8. The second-order valence-electron chi connectivity index (χ2n) is 5.77. The molecule has 0 bridgehead atoms. The van der Waals surface area contributed by atoms with Crippen LogP contribution in [0.25, 0.3) is 0 Å². The number of esters is 2. The van der Waals surface area contributed by atoms with Gasteiger partial charge in [-0.15, -0.1) is 0 Å². The van der Waals surface area contributed by atoms with Gasteiger partial charge in [0.05, 0.1) is 17.9 Å². The van der Waals surface area contributed by atoms with Crippen molar-refractivity contribution in [3.05, 3.63) is 28.8 Å². The van der Waals surface area contributed by atoms with E-state index >= 15 is 0 Å². The van der Waals surface area contributed by atoms with Crippen LogP contribution >= 0.6 is 11.6 Å². The molecule has 0 saturated heterocycles. The van der Waals surface area contributed by atoms with Crippen LogP contribution in [-0.4, -0.2) is 42.7 Å². The van der Waals surface area contributed by atoms with Crippen molar-refractivity contribution in [3.63, 3.8) is 0 Å². The highest BCUT2D eigenvalue weighted by molar-refractivity contribution is 6.32. The first kappa shape index (κ1) is 24.9. The lowest BCUT2D eigenvalue weighted by atomic mass is 10.1. The van der Waals surface area contributed by atoms with Crippen molar-refractivity contribution in [2.24, 2.45) is 0 Å². The maximum Gasteiger partial charge on any atom is 0.381 e. The predicted molar refractivity (Wildman–Crippen MR) is 82.9 cm³/mol. The average Bonchev–Trinajstić information content (AvgIpc) is 2.60. The minimum Gasteiger partial charge on any atom is -0.459 e. The van der Waals surface area contributed by atoms with Crippen LogP contribution < -0.4 is 4.74 Å². The molecule has 0 unspecified atom stereocenters. The molecule has 0 aliphatic carbocycles. The summed E-state index contributed by atoms with van der Waals surface area (Å²) in [7, 11) is 0. The number of aryl methyl sites for hydroxylation is 1. The Balaban J connectivity index is 2.59. The first-order chi connectivity index (χ1) is 13.1. The number of hydrogen-bond donors (Lipinski definition) is 0. The Kier molecular flexibility index (Phi) is 7.86. The van der Waals surface area contributed by atoms with Crippen molar-refractivity contribution in [2.45, 2.75) is 44.0 Å². The molecule has 1 aromatic carbocycles. The SMILES string of the molecule is Cc1ccc(OC(=O)CCC(=O)OCC(F)(F)C(F)(F)C(F)(F)C(F)F)c(Cl)c1. The second-order valence-corrected chi connectivity index (χ2v) is 6.18. The molecule has 0 saturated carbocycles. The summed E-state index contributed by atoms with van der Waals surface area (Å²) in [5.41, 5.74) is 0.744. The molecule has 29 heavy (non-hydrogen) atoms. The van der Waals surface area contributed by atoms with Gasteiger partial charge in [0.1, 0.15) is 5.75 Å². The molecular weight excluding hydrogens is 444 g/mol. The number of ether oxygens (including phenoxy) is 2. The highest BCUT2D eigenvalue weighted by Crippen LogP contribution is 2.48. The number of rotatable bonds is 9. The van der Waals surface area contributed by atoms with Gasteiger partial charge in [-0.25, -0.2) is 8.78 Å². The van der Waals surface area contributed by atoms with E-state index in [2.05, 4.69) is 4.74 Å². The molecule has 164 valence electrons. The van der Waals surface area contributed by atoms with Crippen molar-refractivity contribution < 1.29 is 54.2 Å². The van der Waals surface area contributed by atoms with Crippen LogP contribution in [0.4, 0.5) is 35.1 Å². The largest absolute Gasteiger partial charge is 0.459 e. The first-order valence-electron chi connectivity index (χ1n) is 7.66. The van der Waals surface area contributed by atoms with Gasteiger partial charge in [0, 0.05) is 0 Å². The smallest absolute Gasteiger partial charge is 0.381 e. The van der Waals surface area contributed by atoms with E-state index < -0.39 is 55.6 Å². The number of carbonyl (C=O) groups excluding carboxylic acids is 2. The third kappa shape index (κ3) is 5.94. The van der Waals surface area contributed by atoms with Crippen LogP contribution in [0.3, 0.4) is 0 Å². The molecule has 0 N–H and O–H groups in total. The summed E-state index contributed by atoms with van der Waals surface area (Å²) in [5.74, 6) is -21.4. The fourth-order valence-electron chi connectivity index (χ4n) is 1.78. The van der Waals surface area contributed by atoms with Gasteiger partial charge in [-0.2, -0.15) is 26.3 Å². The summed E-state index contributed by atoms with van der Waals surface area (Å²) in [6.45, 7) is -0.899. The molecule has 1 aromatic rings. The van der Waals surface area contributed by atoms with E-state index in [1.165, 1.54) is 12.1 Å². The van der Waals surface area contributed by atoms with Gasteiger partial charge in [0.25, 0.3) is 0 Å². The number of benzene rings is 1. The lowest BCUT2D eigenvalue weighted by molar-refractivity contribution is -0.344. The Hall–Kier alpha value is -2.11. The summed E-state index contributed by atoms with van der Waals surface area (Å²) in [6, 6.07) is 4.33. The average molecular weight is 457 g/mol. The van der Waals surface area contributed by atoms with E-state index in [1.54, 1.807) is 13.0 Å². The van der Waals surface area contributed by atoms with Crippen molar-refractivity contribution in [3.8, 4) is 5.75 Å². The van der Waals surface area contributed by atoms with E-state index in [-0.39, 0.29) is 10.8 Å². The number of halogens is 9. The molecule has 0 heterocycles. The summed E-state index contributed by atoms with van der Waals surface area (Å²) in [5, 5.41) is 0.0581. The molecule has 0 fully saturated rings. The van der Waals surface area contributed by atoms with Crippen LogP contribution in [0.5, 0.6) is 5.75 Å². The zero-order valence-electron chi connectivity index (χ0n) is 14.5. The summed E-state index contributed by atoms with van der Waals surface area (Å²) in [6.07, 6.45) is -6.77. The van der Waals surface area contributed by atoms with Crippen LogP contribution in [0, 0.1) is 6.92 Å². The zero-order valence-corrected chi connectivity index (χ0v) is 15.2. The van der Waals surface area contributed by atoms with E-state index in [9.17, 15) is 44.7 Å². The fraction of sp³-hybridized carbons (Fsp3) is 0.500.